The number of rotatable bonds is 6. The average molecular weight is 429 g/mol. The molecule has 2 heterocycles. The highest BCUT2D eigenvalue weighted by molar-refractivity contribution is 9.10. The van der Waals surface area contributed by atoms with E-state index in [2.05, 4.69) is 20.9 Å². The van der Waals surface area contributed by atoms with Crippen molar-refractivity contribution in [3.8, 4) is 17.4 Å². The molecule has 1 aliphatic rings. The van der Waals surface area contributed by atoms with Crippen molar-refractivity contribution < 1.29 is 22.6 Å². The number of methoxy groups -OCH3 is 2. The Morgan fingerprint density at radius 1 is 1.20 bits per heavy atom. The van der Waals surface area contributed by atoms with Gasteiger partial charge in [0.2, 0.25) is 15.9 Å². The monoisotopic (exact) mass is 428 g/mol. The number of pyridine rings is 1. The first kappa shape index (κ1) is 18.0. The molecule has 2 aromatic rings. The third kappa shape index (κ3) is 3.58. The van der Waals surface area contributed by atoms with Gasteiger partial charge >= 0.3 is 0 Å². The lowest BCUT2D eigenvalue weighted by Gasteiger charge is -2.37. The van der Waals surface area contributed by atoms with Crippen molar-refractivity contribution in [1.29, 1.82) is 0 Å². The van der Waals surface area contributed by atoms with Crippen LogP contribution in [-0.4, -0.2) is 51.1 Å². The molecular weight excluding hydrogens is 412 g/mol. The quantitative estimate of drug-likeness (QED) is 0.702. The summed E-state index contributed by atoms with van der Waals surface area (Å²) in [6.45, 7) is 0.484. The highest BCUT2D eigenvalue weighted by Crippen LogP contribution is 2.33. The lowest BCUT2D eigenvalue weighted by atomic mass is 10.2. The zero-order valence-corrected chi connectivity index (χ0v) is 16.1. The van der Waals surface area contributed by atoms with E-state index in [1.165, 1.54) is 24.6 Å². The Hall–Kier alpha value is -1.84. The first-order valence-electron chi connectivity index (χ1n) is 7.45. The minimum absolute atomic E-state index is 0.0758. The molecule has 0 atom stereocenters. The minimum Gasteiger partial charge on any atom is -0.497 e. The van der Waals surface area contributed by atoms with Crippen LogP contribution in [0.4, 0.5) is 0 Å². The van der Waals surface area contributed by atoms with Crippen molar-refractivity contribution in [2.45, 2.75) is 11.0 Å². The fraction of sp³-hybridized carbons (Fsp3) is 0.312. The SMILES string of the molecule is COc1ccc(OC)c(S(=O)(=O)N2CC(Oc3ncccc3Br)C2)c1. The molecule has 9 heteroatoms. The second kappa shape index (κ2) is 7.19. The van der Waals surface area contributed by atoms with Crippen molar-refractivity contribution >= 4 is 26.0 Å². The molecule has 0 amide bonds. The summed E-state index contributed by atoms with van der Waals surface area (Å²) in [7, 11) is -0.782. The summed E-state index contributed by atoms with van der Waals surface area (Å²) in [5, 5.41) is 0. The van der Waals surface area contributed by atoms with E-state index in [4.69, 9.17) is 14.2 Å². The van der Waals surface area contributed by atoms with E-state index in [9.17, 15) is 8.42 Å². The zero-order chi connectivity index (χ0) is 18.0. The van der Waals surface area contributed by atoms with Crippen LogP contribution >= 0.6 is 15.9 Å². The summed E-state index contributed by atoms with van der Waals surface area (Å²) in [6.07, 6.45) is 1.37. The molecule has 0 saturated carbocycles. The van der Waals surface area contributed by atoms with Gasteiger partial charge in [0.25, 0.3) is 0 Å². The maximum absolute atomic E-state index is 12.8. The molecule has 7 nitrogen and oxygen atoms in total. The summed E-state index contributed by atoms with van der Waals surface area (Å²) in [4.78, 5) is 4.20. The van der Waals surface area contributed by atoms with Gasteiger partial charge in [-0.1, -0.05) is 0 Å². The molecule has 0 radical (unpaired) electrons. The number of hydrogen-bond donors (Lipinski definition) is 0. The molecule has 0 aliphatic carbocycles. The molecule has 1 aromatic heterocycles. The highest BCUT2D eigenvalue weighted by Gasteiger charge is 2.40. The zero-order valence-electron chi connectivity index (χ0n) is 13.7. The summed E-state index contributed by atoms with van der Waals surface area (Å²) in [6, 6.07) is 8.28. The van der Waals surface area contributed by atoms with Gasteiger partial charge in [0, 0.05) is 12.3 Å². The van der Waals surface area contributed by atoms with Gasteiger partial charge in [-0.2, -0.15) is 4.31 Å². The lowest BCUT2D eigenvalue weighted by Crippen LogP contribution is -2.56. The van der Waals surface area contributed by atoms with Crippen LogP contribution in [0.3, 0.4) is 0 Å². The molecule has 0 unspecified atom stereocenters. The van der Waals surface area contributed by atoms with Crippen LogP contribution in [-0.2, 0) is 10.0 Å². The summed E-state index contributed by atoms with van der Waals surface area (Å²) in [5.41, 5.74) is 0. The summed E-state index contributed by atoms with van der Waals surface area (Å²) >= 11 is 3.35. The molecule has 1 aromatic carbocycles. The van der Waals surface area contributed by atoms with Crippen LogP contribution in [0.2, 0.25) is 0 Å². The normalized spacial score (nSPS) is 15.5. The van der Waals surface area contributed by atoms with Gasteiger partial charge in [0.1, 0.15) is 22.5 Å². The van der Waals surface area contributed by atoms with E-state index < -0.39 is 10.0 Å². The molecular formula is C16H17BrN2O5S. The predicted molar refractivity (Wildman–Crippen MR) is 94.7 cm³/mol. The number of sulfonamides is 1. The minimum atomic E-state index is -3.70. The van der Waals surface area contributed by atoms with E-state index in [0.29, 0.717) is 11.6 Å². The molecule has 0 spiro atoms. The second-order valence-electron chi connectivity index (χ2n) is 5.37. The number of benzene rings is 1. The number of aromatic nitrogens is 1. The third-order valence-electron chi connectivity index (χ3n) is 3.81. The molecule has 0 N–H and O–H groups in total. The second-order valence-corrected chi connectivity index (χ2v) is 8.13. The molecule has 134 valence electrons. The van der Waals surface area contributed by atoms with Gasteiger partial charge in [0.15, 0.2) is 0 Å². The molecule has 25 heavy (non-hydrogen) atoms. The smallest absolute Gasteiger partial charge is 0.247 e. The Morgan fingerprint density at radius 2 is 1.96 bits per heavy atom. The van der Waals surface area contributed by atoms with E-state index in [1.54, 1.807) is 24.4 Å². The van der Waals surface area contributed by atoms with E-state index >= 15 is 0 Å². The van der Waals surface area contributed by atoms with Crippen LogP contribution in [0.15, 0.2) is 45.9 Å². The Labute approximate surface area is 154 Å². The largest absolute Gasteiger partial charge is 0.497 e. The van der Waals surface area contributed by atoms with Crippen molar-refractivity contribution in [1.82, 2.24) is 9.29 Å². The van der Waals surface area contributed by atoms with Crippen LogP contribution in [0.25, 0.3) is 0 Å². The Kier molecular flexibility index (Phi) is 5.16. The van der Waals surface area contributed by atoms with Crippen molar-refractivity contribution in [3.63, 3.8) is 0 Å². The van der Waals surface area contributed by atoms with E-state index in [1.807, 2.05) is 6.07 Å². The summed E-state index contributed by atoms with van der Waals surface area (Å²) in [5.74, 6) is 1.17. The Balaban J connectivity index is 1.74. The number of nitrogens with zero attached hydrogens (tertiary/aromatic N) is 2. The number of halogens is 1. The van der Waals surface area contributed by atoms with E-state index in [-0.39, 0.29) is 29.8 Å². The third-order valence-corrected chi connectivity index (χ3v) is 6.26. The van der Waals surface area contributed by atoms with Crippen LogP contribution in [0.5, 0.6) is 17.4 Å². The fourth-order valence-electron chi connectivity index (χ4n) is 2.41. The van der Waals surface area contributed by atoms with E-state index in [0.717, 1.165) is 4.47 Å². The Morgan fingerprint density at radius 3 is 2.60 bits per heavy atom. The molecule has 0 bridgehead atoms. The molecule has 1 saturated heterocycles. The first-order chi connectivity index (χ1) is 12.0. The molecule has 1 aliphatic heterocycles. The lowest BCUT2D eigenvalue weighted by molar-refractivity contribution is 0.0712. The van der Waals surface area contributed by atoms with Gasteiger partial charge in [-0.05, 0) is 40.2 Å². The number of ether oxygens (including phenoxy) is 3. The highest BCUT2D eigenvalue weighted by atomic mass is 79.9. The van der Waals surface area contributed by atoms with Crippen LogP contribution < -0.4 is 14.2 Å². The Bertz CT molecular complexity index is 869. The first-order valence-corrected chi connectivity index (χ1v) is 9.68. The standard InChI is InChI=1S/C16H17BrN2O5S/c1-22-11-5-6-14(23-2)15(8-11)25(20,21)19-9-12(10-19)24-16-13(17)4-3-7-18-16/h3-8,12H,9-10H2,1-2H3. The van der Waals surface area contributed by atoms with Gasteiger partial charge in [-0.3, -0.25) is 0 Å². The average Bonchev–Trinajstić information content (AvgIpc) is 2.58. The van der Waals surface area contributed by atoms with Crippen molar-refractivity contribution in [2.24, 2.45) is 0 Å². The van der Waals surface area contributed by atoms with Gasteiger partial charge in [-0.25, -0.2) is 13.4 Å². The topological polar surface area (TPSA) is 78.0 Å². The van der Waals surface area contributed by atoms with Crippen LogP contribution in [0.1, 0.15) is 0 Å². The maximum Gasteiger partial charge on any atom is 0.247 e. The van der Waals surface area contributed by atoms with Crippen molar-refractivity contribution in [2.75, 3.05) is 27.3 Å². The molecule has 1 fully saturated rings. The van der Waals surface area contributed by atoms with Gasteiger partial charge in [0.05, 0.1) is 31.8 Å². The van der Waals surface area contributed by atoms with Crippen molar-refractivity contribution in [3.05, 3.63) is 41.0 Å². The van der Waals surface area contributed by atoms with Crippen LogP contribution in [0, 0.1) is 0 Å². The number of hydrogen-bond acceptors (Lipinski definition) is 6. The van der Waals surface area contributed by atoms with Gasteiger partial charge < -0.3 is 14.2 Å². The predicted octanol–water partition coefficient (Wildman–Crippen LogP) is 2.31. The molecule has 3 rings (SSSR count). The van der Waals surface area contributed by atoms with Gasteiger partial charge in [-0.15, -0.1) is 0 Å². The maximum atomic E-state index is 12.8. The summed E-state index contributed by atoms with van der Waals surface area (Å²) < 4.78 is 43.8. The fourth-order valence-corrected chi connectivity index (χ4v) is 4.43.